The van der Waals surface area contributed by atoms with Gasteiger partial charge in [0.25, 0.3) is 0 Å². The number of amides is 1. The zero-order valence-electron chi connectivity index (χ0n) is 13.6. The lowest BCUT2D eigenvalue weighted by atomic mass is 10.1. The predicted molar refractivity (Wildman–Crippen MR) is 95.9 cm³/mol. The topological polar surface area (TPSA) is 76.1 Å². The molecule has 25 heavy (non-hydrogen) atoms. The summed E-state index contributed by atoms with van der Waals surface area (Å²) in [6.45, 7) is 0.255. The number of rotatable bonds is 5. The molecule has 0 atom stereocenters. The van der Waals surface area contributed by atoms with Gasteiger partial charge in [-0.05, 0) is 48.7 Å². The van der Waals surface area contributed by atoms with Gasteiger partial charge in [-0.1, -0.05) is 30.5 Å². The van der Waals surface area contributed by atoms with Gasteiger partial charge >= 0.3 is 0 Å². The van der Waals surface area contributed by atoms with Gasteiger partial charge in [0.1, 0.15) is 0 Å². The Balaban J connectivity index is 1.88. The van der Waals surface area contributed by atoms with E-state index in [1.807, 2.05) is 6.07 Å². The monoisotopic (exact) mass is 378 g/mol. The Bertz CT molecular complexity index is 846. The minimum absolute atomic E-state index is 0.135. The lowest BCUT2D eigenvalue weighted by Crippen LogP contribution is -2.50. The Morgan fingerprint density at radius 1 is 1.16 bits per heavy atom. The van der Waals surface area contributed by atoms with Crippen LogP contribution in [0, 0.1) is 0 Å². The highest BCUT2D eigenvalue weighted by atomic mass is 35.5. The molecule has 1 N–H and O–H groups in total. The van der Waals surface area contributed by atoms with E-state index in [9.17, 15) is 13.2 Å². The van der Waals surface area contributed by atoms with E-state index in [1.165, 1.54) is 24.3 Å². The summed E-state index contributed by atoms with van der Waals surface area (Å²) in [7, 11) is -3.81. The molecule has 3 rings (SSSR count). The van der Waals surface area contributed by atoms with E-state index >= 15 is 0 Å². The van der Waals surface area contributed by atoms with Crippen LogP contribution in [-0.2, 0) is 21.2 Å². The smallest absolute Gasteiger partial charge is 0.242 e. The third-order valence-corrected chi connectivity index (χ3v) is 7.41. The van der Waals surface area contributed by atoms with Crippen LogP contribution in [0.3, 0.4) is 0 Å². The van der Waals surface area contributed by atoms with Crippen LogP contribution in [-0.4, -0.2) is 24.1 Å². The van der Waals surface area contributed by atoms with Crippen molar-refractivity contribution in [3.8, 4) is 0 Å². The maximum atomic E-state index is 13.2. The molecule has 0 saturated heterocycles. The molecular formula is C18H19ClN2O3S. The van der Waals surface area contributed by atoms with Gasteiger partial charge in [0.05, 0.1) is 4.90 Å². The van der Waals surface area contributed by atoms with Crippen molar-refractivity contribution < 1.29 is 13.2 Å². The van der Waals surface area contributed by atoms with Crippen molar-refractivity contribution >= 4 is 27.3 Å². The molecule has 5 nitrogen and oxygen atoms in total. The average Bonchev–Trinajstić information content (AvgIpc) is 3.13. The van der Waals surface area contributed by atoms with Gasteiger partial charge in [0.15, 0.2) is 14.6 Å². The molecule has 0 bridgehead atoms. The fourth-order valence-electron chi connectivity index (χ4n) is 3.25. The lowest BCUT2D eigenvalue weighted by Gasteiger charge is -2.27. The summed E-state index contributed by atoms with van der Waals surface area (Å²) in [6, 6.07) is 9.60. The number of pyridine rings is 1. The number of benzene rings is 1. The molecule has 1 fully saturated rings. The molecule has 7 heteroatoms. The van der Waals surface area contributed by atoms with Crippen LogP contribution in [0.1, 0.15) is 31.2 Å². The van der Waals surface area contributed by atoms with Crippen LogP contribution in [0.2, 0.25) is 5.02 Å². The Morgan fingerprint density at radius 2 is 1.84 bits per heavy atom. The summed E-state index contributed by atoms with van der Waals surface area (Å²) in [4.78, 5) is 17.0. The summed E-state index contributed by atoms with van der Waals surface area (Å²) >= 11 is 5.86. The van der Waals surface area contributed by atoms with Crippen LogP contribution < -0.4 is 5.32 Å². The van der Waals surface area contributed by atoms with Gasteiger partial charge in [-0.25, -0.2) is 8.42 Å². The SMILES string of the molecule is O=C(NCc1cccnc1)C1(S(=O)(=O)c2ccc(Cl)cc2)CCCC1. The van der Waals surface area contributed by atoms with Crippen LogP contribution in [0.5, 0.6) is 0 Å². The molecule has 0 unspecified atom stereocenters. The van der Waals surface area contributed by atoms with Crippen molar-refractivity contribution in [2.45, 2.75) is 41.9 Å². The number of sulfone groups is 1. The molecule has 2 aromatic rings. The Hall–Kier alpha value is -1.92. The minimum atomic E-state index is -3.81. The second-order valence-electron chi connectivity index (χ2n) is 6.20. The fraction of sp³-hybridized carbons (Fsp3) is 0.333. The summed E-state index contributed by atoms with van der Waals surface area (Å²) < 4.78 is 25.0. The third-order valence-electron chi connectivity index (χ3n) is 4.64. The standard InChI is InChI=1S/C18H19ClN2O3S/c19-15-5-7-16(8-6-15)25(23,24)18(9-1-2-10-18)17(22)21-13-14-4-3-11-20-12-14/h3-8,11-12H,1-2,9-10,13H2,(H,21,22). The molecule has 1 saturated carbocycles. The summed E-state index contributed by atoms with van der Waals surface area (Å²) in [5.41, 5.74) is 0.827. The van der Waals surface area contributed by atoms with Crippen molar-refractivity contribution in [3.05, 3.63) is 59.4 Å². The molecule has 132 valence electrons. The van der Waals surface area contributed by atoms with Crippen molar-refractivity contribution in [1.29, 1.82) is 0 Å². The maximum absolute atomic E-state index is 13.2. The largest absolute Gasteiger partial charge is 0.351 e. The van der Waals surface area contributed by atoms with E-state index in [2.05, 4.69) is 10.3 Å². The molecule has 1 amide bonds. The number of aromatic nitrogens is 1. The van der Waals surface area contributed by atoms with Gasteiger partial charge in [0.2, 0.25) is 5.91 Å². The molecule has 0 aliphatic heterocycles. The molecule has 1 aromatic carbocycles. The lowest BCUT2D eigenvalue weighted by molar-refractivity contribution is -0.123. The number of hydrogen-bond acceptors (Lipinski definition) is 4. The molecule has 0 radical (unpaired) electrons. The Morgan fingerprint density at radius 3 is 2.44 bits per heavy atom. The van der Waals surface area contributed by atoms with Crippen molar-refractivity contribution in [2.75, 3.05) is 0 Å². The van der Waals surface area contributed by atoms with E-state index in [4.69, 9.17) is 11.6 Å². The highest BCUT2D eigenvalue weighted by Crippen LogP contribution is 2.41. The maximum Gasteiger partial charge on any atom is 0.242 e. The second-order valence-corrected chi connectivity index (χ2v) is 8.90. The minimum Gasteiger partial charge on any atom is -0.351 e. The first-order chi connectivity index (χ1) is 12.0. The second kappa shape index (κ2) is 7.14. The summed E-state index contributed by atoms with van der Waals surface area (Å²) in [5, 5.41) is 3.24. The Kier molecular flexibility index (Phi) is 5.11. The first kappa shape index (κ1) is 17.9. The van der Waals surface area contributed by atoms with Crippen LogP contribution >= 0.6 is 11.6 Å². The summed E-state index contributed by atoms with van der Waals surface area (Å²) in [5.74, 6) is -0.441. The zero-order valence-corrected chi connectivity index (χ0v) is 15.2. The molecule has 0 spiro atoms. The number of carbonyl (C=O) groups is 1. The zero-order chi connectivity index (χ0) is 17.9. The number of halogens is 1. The van der Waals surface area contributed by atoms with E-state index in [0.717, 1.165) is 5.56 Å². The predicted octanol–water partition coefficient (Wildman–Crippen LogP) is 3.14. The number of carbonyl (C=O) groups excluding carboxylic acids is 1. The Labute approximate surface area is 152 Å². The molecular weight excluding hydrogens is 360 g/mol. The van der Waals surface area contributed by atoms with Gasteiger partial charge in [0, 0.05) is 24.0 Å². The molecule has 1 aromatic heterocycles. The third kappa shape index (κ3) is 3.41. The van der Waals surface area contributed by atoms with Crippen LogP contribution in [0.4, 0.5) is 0 Å². The van der Waals surface area contributed by atoms with Crippen molar-refractivity contribution in [2.24, 2.45) is 0 Å². The van der Waals surface area contributed by atoms with Crippen molar-refractivity contribution in [1.82, 2.24) is 10.3 Å². The molecule has 1 aliphatic carbocycles. The average molecular weight is 379 g/mol. The highest BCUT2D eigenvalue weighted by molar-refractivity contribution is 7.93. The molecule has 1 aliphatic rings. The van der Waals surface area contributed by atoms with Crippen LogP contribution in [0.15, 0.2) is 53.7 Å². The van der Waals surface area contributed by atoms with E-state index in [1.54, 1.807) is 18.5 Å². The number of nitrogens with one attached hydrogen (secondary N) is 1. The quantitative estimate of drug-likeness (QED) is 0.867. The normalized spacial score (nSPS) is 16.5. The first-order valence-electron chi connectivity index (χ1n) is 8.13. The first-order valence-corrected chi connectivity index (χ1v) is 9.99. The number of hydrogen-bond donors (Lipinski definition) is 1. The number of nitrogens with zero attached hydrogens (tertiary/aromatic N) is 1. The van der Waals surface area contributed by atoms with Gasteiger partial charge < -0.3 is 5.32 Å². The van der Waals surface area contributed by atoms with Crippen LogP contribution in [0.25, 0.3) is 0 Å². The fourth-order valence-corrected chi connectivity index (χ4v) is 5.46. The van der Waals surface area contributed by atoms with Gasteiger partial charge in [-0.2, -0.15) is 0 Å². The van der Waals surface area contributed by atoms with Gasteiger partial charge in [-0.3, -0.25) is 9.78 Å². The highest BCUT2D eigenvalue weighted by Gasteiger charge is 2.52. The van der Waals surface area contributed by atoms with Gasteiger partial charge in [-0.15, -0.1) is 0 Å². The molecule has 1 heterocycles. The van der Waals surface area contributed by atoms with Crippen molar-refractivity contribution in [3.63, 3.8) is 0 Å². The van der Waals surface area contributed by atoms with E-state index < -0.39 is 20.5 Å². The summed E-state index contributed by atoms with van der Waals surface area (Å²) in [6.07, 6.45) is 5.39. The van der Waals surface area contributed by atoms with E-state index in [0.29, 0.717) is 30.7 Å². The van der Waals surface area contributed by atoms with E-state index in [-0.39, 0.29) is 11.4 Å².